The SMILES string of the molecule is Cc1ccc2c(ccc3c(-c4cccc(-c5ccccc5)c4)nccc32)n1. The normalized spacial score (nSPS) is 11.1. The topological polar surface area (TPSA) is 25.8 Å². The lowest BCUT2D eigenvalue weighted by Gasteiger charge is -2.10. The highest BCUT2D eigenvalue weighted by Crippen LogP contribution is 2.33. The molecule has 0 radical (unpaired) electrons. The van der Waals surface area contributed by atoms with Gasteiger partial charge in [0.25, 0.3) is 0 Å². The van der Waals surface area contributed by atoms with E-state index in [0.717, 1.165) is 27.9 Å². The Morgan fingerprint density at radius 1 is 0.593 bits per heavy atom. The Balaban J connectivity index is 1.73. The van der Waals surface area contributed by atoms with Crippen molar-refractivity contribution >= 4 is 21.7 Å². The highest BCUT2D eigenvalue weighted by atomic mass is 14.7. The van der Waals surface area contributed by atoms with Crippen molar-refractivity contribution in [3.8, 4) is 22.4 Å². The van der Waals surface area contributed by atoms with Crippen molar-refractivity contribution in [2.75, 3.05) is 0 Å². The fourth-order valence-electron chi connectivity index (χ4n) is 3.68. The standard InChI is InChI=1S/C25H18N2/c1-17-10-11-22-21-14-15-26-25(23(21)12-13-24(22)27-17)20-9-5-8-19(16-20)18-6-3-2-4-7-18/h2-16H,1H3. The van der Waals surface area contributed by atoms with Gasteiger partial charge in [0, 0.05) is 28.2 Å². The van der Waals surface area contributed by atoms with E-state index in [-0.39, 0.29) is 0 Å². The van der Waals surface area contributed by atoms with Crippen LogP contribution in [0.25, 0.3) is 44.1 Å². The number of hydrogen-bond acceptors (Lipinski definition) is 2. The second-order valence-corrected chi connectivity index (χ2v) is 6.79. The van der Waals surface area contributed by atoms with Crippen LogP contribution in [0.3, 0.4) is 0 Å². The molecule has 2 heterocycles. The van der Waals surface area contributed by atoms with Crippen LogP contribution in [0.5, 0.6) is 0 Å². The Morgan fingerprint density at radius 2 is 1.37 bits per heavy atom. The number of aromatic nitrogens is 2. The number of rotatable bonds is 2. The highest BCUT2D eigenvalue weighted by Gasteiger charge is 2.09. The maximum absolute atomic E-state index is 4.72. The van der Waals surface area contributed by atoms with Gasteiger partial charge in [-0.3, -0.25) is 9.97 Å². The Hall–Kier alpha value is -3.52. The molecule has 0 unspecified atom stereocenters. The van der Waals surface area contributed by atoms with E-state index >= 15 is 0 Å². The maximum atomic E-state index is 4.72. The fraction of sp³-hybridized carbons (Fsp3) is 0.0400. The summed E-state index contributed by atoms with van der Waals surface area (Å²) in [5, 5.41) is 3.51. The van der Waals surface area contributed by atoms with E-state index < -0.39 is 0 Å². The third-order valence-electron chi connectivity index (χ3n) is 5.00. The second kappa shape index (κ2) is 6.33. The van der Waals surface area contributed by atoms with Gasteiger partial charge in [0.15, 0.2) is 0 Å². The first-order valence-electron chi connectivity index (χ1n) is 9.10. The molecule has 0 aliphatic heterocycles. The third-order valence-corrected chi connectivity index (χ3v) is 5.00. The van der Waals surface area contributed by atoms with Gasteiger partial charge in [0.05, 0.1) is 11.2 Å². The second-order valence-electron chi connectivity index (χ2n) is 6.79. The number of nitrogens with zero attached hydrogens (tertiary/aromatic N) is 2. The van der Waals surface area contributed by atoms with Gasteiger partial charge in [0.2, 0.25) is 0 Å². The predicted octanol–water partition coefficient (Wildman–Crippen LogP) is 6.43. The Kier molecular flexibility index (Phi) is 3.68. The van der Waals surface area contributed by atoms with Gasteiger partial charge in [-0.1, -0.05) is 54.6 Å². The molecule has 0 aliphatic rings. The molecule has 0 aliphatic carbocycles. The lowest BCUT2D eigenvalue weighted by Crippen LogP contribution is -1.90. The summed E-state index contributed by atoms with van der Waals surface area (Å²) in [5.74, 6) is 0. The number of pyridine rings is 2. The van der Waals surface area contributed by atoms with Crippen molar-refractivity contribution in [1.82, 2.24) is 9.97 Å². The third kappa shape index (κ3) is 2.76. The molecule has 0 bridgehead atoms. The van der Waals surface area contributed by atoms with E-state index in [4.69, 9.17) is 4.98 Å². The lowest BCUT2D eigenvalue weighted by atomic mass is 9.97. The molecule has 128 valence electrons. The summed E-state index contributed by atoms with van der Waals surface area (Å²) < 4.78 is 0. The molecule has 0 saturated carbocycles. The lowest BCUT2D eigenvalue weighted by molar-refractivity contribution is 1.26. The first-order chi connectivity index (χ1) is 13.3. The summed E-state index contributed by atoms with van der Waals surface area (Å²) in [6.45, 7) is 2.02. The molecule has 2 nitrogen and oxygen atoms in total. The molecule has 27 heavy (non-hydrogen) atoms. The van der Waals surface area contributed by atoms with Crippen molar-refractivity contribution in [3.63, 3.8) is 0 Å². The molecule has 0 saturated heterocycles. The zero-order chi connectivity index (χ0) is 18.2. The van der Waals surface area contributed by atoms with E-state index in [1.165, 1.54) is 21.9 Å². The summed E-state index contributed by atoms with van der Waals surface area (Å²) in [6.07, 6.45) is 1.89. The first kappa shape index (κ1) is 15.7. The quantitative estimate of drug-likeness (QED) is 0.344. The van der Waals surface area contributed by atoms with Gasteiger partial charge >= 0.3 is 0 Å². The van der Waals surface area contributed by atoms with Crippen LogP contribution in [0, 0.1) is 6.92 Å². The number of fused-ring (bicyclic) bond motifs is 3. The minimum absolute atomic E-state index is 1.01. The molecule has 0 N–H and O–H groups in total. The highest BCUT2D eigenvalue weighted by molar-refractivity contribution is 6.10. The molecule has 3 aromatic carbocycles. The largest absolute Gasteiger partial charge is 0.256 e. The molecule has 5 rings (SSSR count). The average Bonchev–Trinajstić information content (AvgIpc) is 2.73. The van der Waals surface area contributed by atoms with Crippen LogP contribution in [-0.2, 0) is 0 Å². The monoisotopic (exact) mass is 346 g/mol. The van der Waals surface area contributed by atoms with Gasteiger partial charge < -0.3 is 0 Å². The van der Waals surface area contributed by atoms with E-state index in [2.05, 4.69) is 83.8 Å². The summed E-state index contributed by atoms with van der Waals surface area (Å²) in [6, 6.07) is 29.6. The van der Waals surface area contributed by atoms with Gasteiger partial charge in [0.1, 0.15) is 0 Å². The fourth-order valence-corrected chi connectivity index (χ4v) is 3.68. The van der Waals surface area contributed by atoms with Crippen LogP contribution < -0.4 is 0 Å². The number of hydrogen-bond donors (Lipinski definition) is 0. The van der Waals surface area contributed by atoms with Crippen molar-refractivity contribution in [2.45, 2.75) is 6.92 Å². The zero-order valence-electron chi connectivity index (χ0n) is 15.1. The molecule has 0 amide bonds. The molecular weight excluding hydrogens is 328 g/mol. The van der Waals surface area contributed by atoms with E-state index in [1.807, 2.05) is 19.2 Å². The average molecular weight is 346 g/mol. The Bertz CT molecular complexity index is 1270. The minimum atomic E-state index is 1.01. The van der Waals surface area contributed by atoms with Crippen LogP contribution in [0.15, 0.2) is 91.1 Å². The number of benzene rings is 3. The molecule has 2 heteroatoms. The summed E-state index contributed by atoms with van der Waals surface area (Å²) in [5.41, 5.74) is 6.60. The van der Waals surface area contributed by atoms with Crippen LogP contribution in [0.1, 0.15) is 5.69 Å². The zero-order valence-corrected chi connectivity index (χ0v) is 15.1. The van der Waals surface area contributed by atoms with Gasteiger partial charge in [-0.2, -0.15) is 0 Å². The van der Waals surface area contributed by atoms with Crippen LogP contribution in [0.4, 0.5) is 0 Å². The molecule has 2 aromatic heterocycles. The van der Waals surface area contributed by atoms with E-state index in [1.54, 1.807) is 0 Å². The van der Waals surface area contributed by atoms with Crippen LogP contribution in [-0.4, -0.2) is 9.97 Å². The Morgan fingerprint density at radius 3 is 2.26 bits per heavy atom. The molecule has 0 fully saturated rings. The first-order valence-corrected chi connectivity index (χ1v) is 9.10. The van der Waals surface area contributed by atoms with E-state index in [9.17, 15) is 0 Å². The molecule has 5 aromatic rings. The van der Waals surface area contributed by atoms with Crippen molar-refractivity contribution in [3.05, 3.63) is 96.8 Å². The predicted molar refractivity (Wildman–Crippen MR) is 113 cm³/mol. The minimum Gasteiger partial charge on any atom is -0.256 e. The van der Waals surface area contributed by atoms with Crippen molar-refractivity contribution < 1.29 is 0 Å². The van der Waals surface area contributed by atoms with E-state index in [0.29, 0.717) is 0 Å². The summed E-state index contributed by atoms with van der Waals surface area (Å²) >= 11 is 0. The molecular formula is C25H18N2. The summed E-state index contributed by atoms with van der Waals surface area (Å²) in [7, 11) is 0. The van der Waals surface area contributed by atoms with Crippen LogP contribution in [0.2, 0.25) is 0 Å². The number of aryl methyl sites for hydroxylation is 1. The van der Waals surface area contributed by atoms with Gasteiger partial charge in [-0.15, -0.1) is 0 Å². The molecule has 0 atom stereocenters. The van der Waals surface area contributed by atoms with Crippen molar-refractivity contribution in [2.24, 2.45) is 0 Å². The van der Waals surface area contributed by atoms with Gasteiger partial charge in [-0.25, -0.2) is 0 Å². The smallest absolute Gasteiger partial charge is 0.0780 e. The molecule has 0 spiro atoms. The van der Waals surface area contributed by atoms with Gasteiger partial charge in [-0.05, 0) is 53.8 Å². The van der Waals surface area contributed by atoms with Crippen LogP contribution >= 0.6 is 0 Å². The maximum Gasteiger partial charge on any atom is 0.0780 e. The van der Waals surface area contributed by atoms with Crippen molar-refractivity contribution in [1.29, 1.82) is 0 Å². The Labute approximate surface area is 158 Å². The summed E-state index contributed by atoms with van der Waals surface area (Å²) in [4.78, 5) is 9.38.